The molecule has 1 saturated heterocycles. The van der Waals surface area contributed by atoms with E-state index in [9.17, 15) is 14.4 Å². The van der Waals surface area contributed by atoms with Crippen LogP contribution in [0.25, 0.3) is 6.08 Å². The number of ether oxygens (including phenoxy) is 2. The quantitative estimate of drug-likeness (QED) is 0.367. The van der Waals surface area contributed by atoms with Gasteiger partial charge in [-0.1, -0.05) is 25.1 Å². The van der Waals surface area contributed by atoms with Crippen LogP contribution in [0.4, 0.5) is 10.5 Å². The molecule has 0 aromatic heterocycles. The van der Waals surface area contributed by atoms with Gasteiger partial charge >= 0.3 is 6.03 Å². The van der Waals surface area contributed by atoms with Crippen molar-refractivity contribution in [1.82, 2.24) is 5.32 Å². The first-order valence-corrected chi connectivity index (χ1v) is 10.0. The first-order valence-electron chi connectivity index (χ1n) is 8.93. The number of hydrogen-bond donors (Lipinski definition) is 1. The second kappa shape index (κ2) is 9.08. The third kappa shape index (κ3) is 4.42. The molecular weight excluding hydrogens is 487 g/mol. The van der Waals surface area contributed by atoms with Crippen LogP contribution in [0.5, 0.6) is 11.5 Å². The predicted molar refractivity (Wildman–Crippen MR) is 117 cm³/mol. The fourth-order valence-electron chi connectivity index (χ4n) is 2.80. The van der Waals surface area contributed by atoms with E-state index < -0.39 is 17.8 Å². The maximum atomic E-state index is 12.9. The lowest BCUT2D eigenvalue weighted by atomic mass is 10.1. The number of benzene rings is 2. The number of anilines is 1. The molecule has 2 aromatic rings. The SMILES string of the molecule is CCCOc1c(I)cc(/C=C2\C(=O)NC(=O)N(c3ccccc3)C2=O)cc1OC. The molecule has 0 bridgehead atoms. The van der Waals surface area contributed by atoms with Crippen LogP contribution in [0.2, 0.25) is 0 Å². The minimum Gasteiger partial charge on any atom is -0.493 e. The fraction of sp³-hybridized carbons (Fsp3) is 0.190. The summed E-state index contributed by atoms with van der Waals surface area (Å²) in [7, 11) is 1.52. The number of hydrogen-bond acceptors (Lipinski definition) is 5. The highest BCUT2D eigenvalue weighted by Gasteiger charge is 2.36. The van der Waals surface area contributed by atoms with Crippen molar-refractivity contribution in [2.45, 2.75) is 13.3 Å². The van der Waals surface area contributed by atoms with Crippen molar-refractivity contribution in [2.24, 2.45) is 0 Å². The summed E-state index contributed by atoms with van der Waals surface area (Å²) in [6.07, 6.45) is 2.29. The molecule has 3 rings (SSSR count). The Bertz CT molecular complexity index is 988. The minimum atomic E-state index is -0.779. The molecule has 4 amide bonds. The Labute approximate surface area is 181 Å². The third-order valence-electron chi connectivity index (χ3n) is 4.13. The molecule has 8 heteroatoms. The van der Waals surface area contributed by atoms with E-state index in [1.807, 2.05) is 6.92 Å². The van der Waals surface area contributed by atoms with Crippen LogP contribution < -0.4 is 19.7 Å². The van der Waals surface area contributed by atoms with Crippen molar-refractivity contribution in [1.29, 1.82) is 0 Å². The first-order chi connectivity index (χ1) is 14.0. The average molecular weight is 506 g/mol. The topological polar surface area (TPSA) is 84.9 Å². The minimum absolute atomic E-state index is 0.145. The number of imide groups is 2. The highest BCUT2D eigenvalue weighted by Crippen LogP contribution is 2.35. The van der Waals surface area contributed by atoms with E-state index in [1.54, 1.807) is 42.5 Å². The normalized spacial score (nSPS) is 15.5. The molecule has 150 valence electrons. The lowest BCUT2D eigenvalue weighted by Gasteiger charge is -2.26. The molecule has 2 aromatic carbocycles. The average Bonchev–Trinajstić information content (AvgIpc) is 2.70. The predicted octanol–water partition coefficient (Wildman–Crippen LogP) is 3.76. The van der Waals surface area contributed by atoms with E-state index in [-0.39, 0.29) is 5.57 Å². The molecule has 7 nitrogen and oxygen atoms in total. The van der Waals surface area contributed by atoms with E-state index in [2.05, 4.69) is 27.9 Å². The number of halogens is 1. The van der Waals surface area contributed by atoms with Gasteiger partial charge in [-0.15, -0.1) is 0 Å². The van der Waals surface area contributed by atoms with Crippen LogP contribution in [-0.2, 0) is 9.59 Å². The highest BCUT2D eigenvalue weighted by molar-refractivity contribution is 14.1. The zero-order valence-corrected chi connectivity index (χ0v) is 18.1. The van der Waals surface area contributed by atoms with Gasteiger partial charge in [0.15, 0.2) is 11.5 Å². The number of nitrogens with one attached hydrogen (secondary N) is 1. The highest BCUT2D eigenvalue weighted by atomic mass is 127. The molecule has 1 fully saturated rings. The number of methoxy groups -OCH3 is 1. The second-order valence-corrected chi connectivity index (χ2v) is 7.34. The third-order valence-corrected chi connectivity index (χ3v) is 4.93. The maximum absolute atomic E-state index is 12.9. The van der Waals surface area contributed by atoms with Crippen molar-refractivity contribution < 1.29 is 23.9 Å². The molecule has 0 spiro atoms. The van der Waals surface area contributed by atoms with E-state index in [4.69, 9.17) is 9.47 Å². The van der Waals surface area contributed by atoms with Crippen LogP contribution >= 0.6 is 22.6 Å². The maximum Gasteiger partial charge on any atom is 0.335 e. The molecule has 1 aliphatic heterocycles. The van der Waals surface area contributed by atoms with Gasteiger partial charge < -0.3 is 9.47 Å². The summed E-state index contributed by atoms with van der Waals surface area (Å²) in [4.78, 5) is 38.4. The zero-order valence-electron chi connectivity index (χ0n) is 15.9. The summed E-state index contributed by atoms with van der Waals surface area (Å²) in [5.74, 6) is -0.327. The molecule has 1 aliphatic rings. The summed E-state index contributed by atoms with van der Waals surface area (Å²) in [6.45, 7) is 2.55. The molecule has 0 saturated carbocycles. The summed E-state index contributed by atoms with van der Waals surface area (Å²) >= 11 is 2.11. The Morgan fingerprint density at radius 1 is 1.14 bits per heavy atom. The van der Waals surface area contributed by atoms with Gasteiger partial charge in [-0.2, -0.15) is 0 Å². The van der Waals surface area contributed by atoms with Crippen molar-refractivity contribution in [3.05, 3.63) is 57.2 Å². The molecule has 0 atom stereocenters. The van der Waals surface area contributed by atoms with E-state index in [0.29, 0.717) is 29.4 Å². The van der Waals surface area contributed by atoms with Crippen LogP contribution in [0.15, 0.2) is 48.0 Å². The summed E-state index contributed by atoms with van der Waals surface area (Å²) in [5, 5.41) is 2.21. The Morgan fingerprint density at radius 2 is 1.86 bits per heavy atom. The molecule has 0 aliphatic carbocycles. The van der Waals surface area contributed by atoms with E-state index >= 15 is 0 Å². The largest absolute Gasteiger partial charge is 0.493 e. The van der Waals surface area contributed by atoms with Gasteiger partial charge in [0.25, 0.3) is 11.8 Å². The van der Waals surface area contributed by atoms with Crippen molar-refractivity contribution >= 4 is 52.2 Å². The number of rotatable bonds is 6. The lowest BCUT2D eigenvalue weighted by Crippen LogP contribution is -2.54. The van der Waals surface area contributed by atoms with Crippen molar-refractivity contribution in [2.75, 3.05) is 18.6 Å². The van der Waals surface area contributed by atoms with Gasteiger partial charge in [-0.3, -0.25) is 14.9 Å². The van der Waals surface area contributed by atoms with Crippen molar-refractivity contribution in [3.8, 4) is 11.5 Å². The number of amides is 4. The van der Waals surface area contributed by atoms with Gasteiger partial charge in [-0.25, -0.2) is 9.69 Å². The summed E-state index contributed by atoms with van der Waals surface area (Å²) in [6, 6.07) is 11.1. The Hall–Kier alpha value is -2.88. The van der Waals surface area contributed by atoms with Gasteiger partial charge in [0, 0.05) is 0 Å². The molecule has 0 unspecified atom stereocenters. The molecular formula is C21H19IN2O5. The van der Waals surface area contributed by atoms with E-state index in [1.165, 1.54) is 13.2 Å². The van der Waals surface area contributed by atoms with Gasteiger partial charge in [-0.05, 0) is 64.9 Å². The number of carbonyl (C=O) groups excluding carboxylic acids is 3. The number of para-hydroxylation sites is 1. The Kier molecular flexibility index (Phi) is 6.53. The zero-order chi connectivity index (χ0) is 21.0. The molecule has 1 N–H and O–H groups in total. The number of nitrogens with zero attached hydrogens (tertiary/aromatic N) is 1. The smallest absolute Gasteiger partial charge is 0.335 e. The summed E-state index contributed by atoms with van der Waals surface area (Å²) in [5.41, 5.74) is 0.813. The number of carbonyl (C=O) groups is 3. The van der Waals surface area contributed by atoms with Gasteiger partial charge in [0.1, 0.15) is 5.57 Å². The van der Waals surface area contributed by atoms with Crippen molar-refractivity contribution in [3.63, 3.8) is 0 Å². The van der Waals surface area contributed by atoms with Gasteiger partial charge in [0.05, 0.1) is 23.0 Å². The Balaban J connectivity index is 2.00. The fourth-order valence-corrected chi connectivity index (χ4v) is 3.58. The monoisotopic (exact) mass is 506 g/mol. The lowest BCUT2D eigenvalue weighted by molar-refractivity contribution is -0.122. The number of barbiturate groups is 1. The standard InChI is InChI=1S/C21H19IN2O5/c1-3-9-29-18-16(22)11-13(12-17(18)28-2)10-15-19(25)23-21(27)24(20(15)26)14-7-5-4-6-8-14/h4-8,10-12H,3,9H2,1-2H3,(H,23,25,27)/b15-10+. The second-order valence-electron chi connectivity index (χ2n) is 6.18. The van der Waals surface area contributed by atoms with Crippen LogP contribution in [0, 0.1) is 3.57 Å². The Morgan fingerprint density at radius 3 is 2.52 bits per heavy atom. The van der Waals surface area contributed by atoms with E-state index in [0.717, 1.165) is 14.9 Å². The van der Waals surface area contributed by atoms with Crippen LogP contribution in [0.1, 0.15) is 18.9 Å². The molecule has 0 radical (unpaired) electrons. The first kappa shape index (κ1) is 20.8. The molecule has 29 heavy (non-hydrogen) atoms. The van der Waals surface area contributed by atoms with Crippen LogP contribution in [-0.4, -0.2) is 31.6 Å². The van der Waals surface area contributed by atoms with Gasteiger partial charge in [0.2, 0.25) is 0 Å². The molecule has 1 heterocycles. The number of urea groups is 1. The van der Waals surface area contributed by atoms with Crippen LogP contribution in [0.3, 0.4) is 0 Å². The summed E-state index contributed by atoms with van der Waals surface area (Å²) < 4.78 is 11.9.